The molecule has 1 heterocycles. The number of carbonyl (C=O) groups is 1. The molecule has 1 aliphatic heterocycles. The summed E-state index contributed by atoms with van der Waals surface area (Å²) in [6.45, 7) is 11.3. The predicted octanol–water partition coefficient (Wildman–Crippen LogP) is 2.39. The smallest absolute Gasteiger partial charge is 0.328 e. The lowest BCUT2D eigenvalue weighted by Crippen LogP contribution is -2.40. The van der Waals surface area contributed by atoms with Crippen LogP contribution in [-0.2, 0) is 9.53 Å². The van der Waals surface area contributed by atoms with Gasteiger partial charge in [0.15, 0.2) is 0 Å². The van der Waals surface area contributed by atoms with E-state index in [-0.39, 0.29) is 5.97 Å². The first-order chi connectivity index (χ1) is 9.36. The van der Waals surface area contributed by atoms with Crippen molar-refractivity contribution in [2.75, 3.05) is 19.7 Å². The lowest BCUT2D eigenvalue weighted by atomic mass is 10.1. The highest BCUT2D eigenvalue weighted by Gasteiger charge is 2.23. The van der Waals surface area contributed by atoms with Gasteiger partial charge >= 0.3 is 5.97 Å². The van der Waals surface area contributed by atoms with E-state index >= 15 is 0 Å². The molecular formula is C14H22BrN3O2. The van der Waals surface area contributed by atoms with E-state index < -0.39 is 6.04 Å². The van der Waals surface area contributed by atoms with Gasteiger partial charge in [-0.15, -0.1) is 0 Å². The summed E-state index contributed by atoms with van der Waals surface area (Å²) in [5.74, 6) is -0.275. The second kappa shape index (κ2) is 7.47. The van der Waals surface area contributed by atoms with Gasteiger partial charge in [-0.1, -0.05) is 6.58 Å². The summed E-state index contributed by atoms with van der Waals surface area (Å²) >= 11 is 3.22. The molecule has 0 aromatic rings. The molecule has 1 atom stereocenters. The Hall–Kier alpha value is -1.30. The van der Waals surface area contributed by atoms with Gasteiger partial charge in [0.05, 0.1) is 6.61 Å². The first kappa shape index (κ1) is 16.8. The zero-order chi connectivity index (χ0) is 15.3. The summed E-state index contributed by atoms with van der Waals surface area (Å²) in [7, 11) is 0. The fourth-order valence-electron chi connectivity index (χ4n) is 2.04. The summed E-state index contributed by atoms with van der Waals surface area (Å²) in [5.41, 5.74) is 2.76. The van der Waals surface area contributed by atoms with Gasteiger partial charge in [-0.2, -0.15) is 0 Å². The van der Waals surface area contributed by atoms with Crippen LogP contribution in [0, 0.1) is 5.41 Å². The average molecular weight is 344 g/mol. The largest absolute Gasteiger partial charge is 0.464 e. The van der Waals surface area contributed by atoms with E-state index in [1.54, 1.807) is 13.8 Å². The van der Waals surface area contributed by atoms with Crippen LogP contribution in [0.2, 0.25) is 0 Å². The molecule has 0 aromatic carbocycles. The molecule has 1 unspecified atom stereocenters. The number of hydrogen-bond acceptors (Lipinski definition) is 5. The quantitative estimate of drug-likeness (QED) is 0.574. The lowest BCUT2D eigenvalue weighted by Gasteiger charge is -2.33. The summed E-state index contributed by atoms with van der Waals surface area (Å²) < 4.78 is 5.32. The monoisotopic (exact) mass is 343 g/mol. The van der Waals surface area contributed by atoms with Crippen LogP contribution >= 0.6 is 15.9 Å². The Morgan fingerprint density at radius 1 is 1.65 bits per heavy atom. The van der Waals surface area contributed by atoms with Gasteiger partial charge in [-0.25, -0.2) is 4.79 Å². The van der Waals surface area contributed by atoms with Crippen LogP contribution in [0.4, 0.5) is 0 Å². The molecule has 20 heavy (non-hydrogen) atoms. The van der Waals surface area contributed by atoms with Crippen LogP contribution < -0.4 is 5.32 Å². The molecule has 112 valence electrons. The standard InChI is InChI=1S/C14H22BrN3O2/c1-5-20-14(19)10(4)17-12-6-7-18(9(2)3)8-11(12)13(15)16/h10,16-17H,2,5-8H2,1,3-4H3. The van der Waals surface area contributed by atoms with Crippen molar-refractivity contribution in [3.05, 3.63) is 23.5 Å². The Morgan fingerprint density at radius 3 is 2.80 bits per heavy atom. The molecule has 5 nitrogen and oxygen atoms in total. The number of rotatable bonds is 6. The van der Waals surface area contributed by atoms with Crippen molar-refractivity contribution in [3.63, 3.8) is 0 Å². The number of esters is 1. The molecule has 1 aliphatic rings. The first-order valence-corrected chi connectivity index (χ1v) is 7.46. The molecule has 0 saturated heterocycles. The van der Waals surface area contributed by atoms with Crippen LogP contribution in [0.5, 0.6) is 0 Å². The van der Waals surface area contributed by atoms with E-state index in [2.05, 4.69) is 32.7 Å². The van der Waals surface area contributed by atoms with E-state index in [0.717, 1.165) is 29.9 Å². The summed E-state index contributed by atoms with van der Waals surface area (Å²) in [6.07, 6.45) is 0.750. The Morgan fingerprint density at radius 2 is 2.30 bits per heavy atom. The van der Waals surface area contributed by atoms with Gasteiger partial charge in [0.1, 0.15) is 10.7 Å². The Labute approximate surface area is 128 Å². The second-order valence-electron chi connectivity index (χ2n) is 4.80. The van der Waals surface area contributed by atoms with Crippen LogP contribution in [0.3, 0.4) is 0 Å². The molecular weight excluding hydrogens is 322 g/mol. The number of halogens is 1. The molecule has 1 rings (SSSR count). The molecule has 6 heteroatoms. The van der Waals surface area contributed by atoms with Gasteiger partial charge in [0.25, 0.3) is 0 Å². The number of nitrogens with zero attached hydrogens (tertiary/aromatic N) is 1. The van der Waals surface area contributed by atoms with Crippen molar-refractivity contribution in [2.24, 2.45) is 0 Å². The van der Waals surface area contributed by atoms with Gasteiger partial charge in [-0.3, -0.25) is 5.41 Å². The normalized spacial score (nSPS) is 16.7. The Balaban J connectivity index is 2.84. The molecule has 2 N–H and O–H groups in total. The van der Waals surface area contributed by atoms with E-state index in [0.29, 0.717) is 17.8 Å². The second-order valence-corrected chi connectivity index (χ2v) is 5.59. The highest BCUT2D eigenvalue weighted by atomic mass is 79.9. The summed E-state index contributed by atoms with van der Waals surface area (Å²) in [6, 6.07) is -0.414. The van der Waals surface area contributed by atoms with Gasteiger partial charge in [0.2, 0.25) is 0 Å². The van der Waals surface area contributed by atoms with Gasteiger partial charge in [0, 0.05) is 36.5 Å². The highest BCUT2D eigenvalue weighted by Crippen LogP contribution is 2.22. The van der Waals surface area contributed by atoms with E-state index in [1.807, 2.05) is 6.92 Å². The molecule has 0 aromatic heterocycles. The molecule has 0 saturated carbocycles. The van der Waals surface area contributed by atoms with Crippen LogP contribution in [0.1, 0.15) is 27.2 Å². The maximum Gasteiger partial charge on any atom is 0.328 e. The van der Waals surface area contributed by atoms with Crippen molar-refractivity contribution in [1.82, 2.24) is 10.2 Å². The topological polar surface area (TPSA) is 65.4 Å². The lowest BCUT2D eigenvalue weighted by molar-refractivity contribution is -0.144. The van der Waals surface area contributed by atoms with Crippen molar-refractivity contribution in [2.45, 2.75) is 33.2 Å². The molecule has 0 fully saturated rings. The van der Waals surface area contributed by atoms with Gasteiger partial charge < -0.3 is 15.0 Å². The van der Waals surface area contributed by atoms with Crippen molar-refractivity contribution in [3.8, 4) is 0 Å². The zero-order valence-electron chi connectivity index (χ0n) is 12.3. The molecule has 0 radical (unpaired) electrons. The molecule has 0 spiro atoms. The highest BCUT2D eigenvalue weighted by molar-refractivity contribution is 9.18. The third kappa shape index (κ3) is 4.37. The summed E-state index contributed by atoms with van der Waals surface area (Å²) in [5, 5.41) is 11.0. The summed E-state index contributed by atoms with van der Waals surface area (Å²) in [4.78, 5) is 13.8. The number of allylic oxidation sites excluding steroid dienone is 1. The molecule has 0 aliphatic carbocycles. The Kier molecular flexibility index (Phi) is 6.26. The number of nitrogens with one attached hydrogen (secondary N) is 2. The number of hydrogen-bond donors (Lipinski definition) is 2. The maximum absolute atomic E-state index is 11.7. The number of ether oxygens (including phenoxy) is 1. The maximum atomic E-state index is 11.7. The minimum atomic E-state index is -0.414. The third-order valence-corrected chi connectivity index (χ3v) is 3.66. The van der Waals surface area contributed by atoms with E-state index in [9.17, 15) is 4.79 Å². The fourth-order valence-corrected chi connectivity index (χ4v) is 2.40. The van der Waals surface area contributed by atoms with Crippen molar-refractivity contribution >= 4 is 26.5 Å². The SMILES string of the molecule is C=C(C)N1CCC(NC(C)C(=O)OCC)=C(C(=N)Br)C1. The molecule has 0 amide bonds. The van der Waals surface area contributed by atoms with Crippen LogP contribution in [0.25, 0.3) is 0 Å². The fraction of sp³-hybridized carbons (Fsp3) is 0.571. The Bertz CT molecular complexity index is 446. The number of carbonyl (C=O) groups excluding carboxylic acids is 1. The van der Waals surface area contributed by atoms with Crippen LogP contribution in [0.15, 0.2) is 23.5 Å². The van der Waals surface area contributed by atoms with E-state index in [1.165, 1.54) is 0 Å². The van der Waals surface area contributed by atoms with E-state index in [4.69, 9.17) is 10.1 Å². The van der Waals surface area contributed by atoms with Crippen molar-refractivity contribution in [1.29, 1.82) is 5.41 Å². The minimum Gasteiger partial charge on any atom is -0.464 e. The molecule has 0 bridgehead atoms. The average Bonchev–Trinajstić information content (AvgIpc) is 2.38. The van der Waals surface area contributed by atoms with Crippen LogP contribution in [-0.4, -0.2) is 41.2 Å². The van der Waals surface area contributed by atoms with Crippen molar-refractivity contribution < 1.29 is 9.53 Å². The predicted molar refractivity (Wildman–Crippen MR) is 83.9 cm³/mol. The minimum absolute atomic E-state index is 0.275. The zero-order valence-corrected chi connectivity index (χ0v) is 13.8. The van der Waals surface area contributed by atoms with Gasteiger partial charge in [-0.05, 0) is 36.7 Å². The third-order valence-electron chi connectivity index (χ3n) is 3.18. The first-order valence-electron chi connectivity index (χ1n) is 6.66.